The molecular weight excluding hydrogens is 327 g/mol. The highest BCUT2D eigenvalue weighted by atomic mass is 35.5. The molecule has 2 aromatic heterocycles. The summed E-state index contributed by atoms with van der Waals surface area (Å²) in [6.07, 6.45) is 7.18. The minimum atomic E-state index is -0.674. The van der Waals surface area contributed by atoms with Gasteiger partial charge in [-0.3, -0.25) is 4.98 Å². The fourth-order valence-electron chi connectivity index (χ4n) is 2.07. The number of hydrogen-bond acceptors (Lipinski definition) is 4. The molecule has 0 spiro atoms. The molecule has 0 fully saturated rings. The number of aryl methyl sites for hydroxylation is 2. The number of pyridine rings is 1. The van der Waals surface area contributed by atoms with Gasteiger partial charge in [0.15, 0.2) is 5.82 Å². The average Bonchev–Trinajstić information content (AvgIpc) is 2.54. The van der Waals surface area contributed by atoms with Gasteiger partial charge in [0.05, 0.1) is 5.57 Å². The molecule has 0 saturated carbocycles. The number of anilines is 2. The molecule has 0 atom stereocenters. The summed E-state index contributed by atoms with van der Waals surface area (Å²) >= 11 is 5.76. The summed E-state index contributed by atoms with van der Waals surface area (Å²) in [5.41, 5.74) is 2.85. The lowest BCUT2D eigenvalue weighted by Crippen LogP contribution is -2.05. The van der Waals surface area contributed by atoms with E-state index in [-0.39, 0.29) is 16.4 Å². The molecule has 0 bridgehead atoms. The Balaban J connectivity index is 2.49. The monoisotopic (exact) mass is 344 g/mol. The Labute approximate surface area is 145 Å². The molecule has 0 radical (unpaired) electrons. The van der Waals surface area contributed by atoms with Crippen LogP contribution in [0.1, 0.15) is 23.9 Å². The Bertz CT molecular complexity index is 814. The van der Waals surface area contributed by atoms with Crippen molar-refractivity contribution in [2.24, 2.45) is 0 Å². The summed E-state index contributed by atoms with van der Waals surface area (Å²) in [4.78, 5) is 12.7. The third-order valence-corrected chi connectivity index (χ3v) is 3.46. The van der Waals surface area contributed by atoms with Crippen LogP contribution in [0.2, 0.25) is 0 Å². The normalized spacial score (nSPS) is 11.2. The standard InChI is InChI=1S/C18H18ClFN4/c1-5-14-10-22-18(15(13(4)20)8-12(3)19)24-17(14)23-16-6-7-21-9-11(16)2/h6-10H,3-5H2,1-2H3,(H,21,22,23,24)/b15-8+. The van der Waals surface area contributed by atoms with Crippen molar-refractivity contribution in [3.05, 3.63) is 71.7 Å². The topological polar surface area (TPSA) is 50.7 Å². The Morgan fingerprint density at radius 3 is 2.71 bits per heavy atom. The Hall–Kier alpha value is -2.53. The molecule has 2 aromatic rings. The quantitative estimate of drug-likeness (QED) is 0.740. The van der Waals surface area contributed by atoms with Crippen molar-refractivity contribution in [2.75, 3.05) is 5.32 Å². The number of nitrogens with zero attached hydrogens (tertiary/aromatic N) is 3. The highest BCUT2D eigenvalue weighted by Gasteiger charge is 2.13. The molecular formula is C18H18ClFN4. The van der Waals surface area contributed by atoms with Gasteiger partial charge in [-0.2, -0.15) is 0 Å². The second kappa shape index (κ2) is 7.84. The highest BCUT2D eigenvalue weighted by Crippen LogP contribution is 2.26. The molecule has 0 unspecified atom stereocenters. The summed E-state index contributed by atoms with van der Waals surface area (Å²) < 4.78 is 13.7. The zero-order chi connectivity index (χ0) is 17.7. The zero-order valence-corrected chi connectivity index (χ0v) is 14.4. The maximum absolute atomic E-state index is 13.7. The molecule has 0 amide bonds. The van der Waals surface area contributed by atoms with Crippen molar-refractivity contribution in [2.45, 2.75) is 20.3 Å². The van der Waals surface area contributed by atoms with Crippen LogP contribution in [0.3, 0.4) is 0 Å². The molecule has 0 saturated heterocycles. The zero-order valence-electron chi connectivity index (χ0n) is 13.6. The lowest BCUT2D eigenvalue weighted by molar-refractivity contribution is 0.676. The average molecular weight is 345 g/mol. The minimum absolute atomic E-state index is 0.104. The van der Waals surface area contributed by atoms with Crippen LogP contribution in [0, 0.1) is 6.92 Å². The van der Waals surface area contributed by atoms with Crippen LogP contribution in [0.4, 0.5) is 15.9 Å². The van der Waals surface area contributed by atoms with Crippen molar-refractivity contribution >= 4 is 28.7 Å². The Morgan fingerprint density at radius 1 is 1.38 bits per heavy atom. The first-order valence-corrected chi connectivity index (χ1v) is 7.75. The molecule has 4 nitrogen and oxygen atoms in total. The van der Waals surface area contributed by atoms with Gasteiger partial charge in [-0.15, -0.1) is 0 Å². The van der Waals surface area contributed by atoms with E-state index in [1.54, 1.807) is 18.6 Å². The molecule has 1 N–H and O–H groups in total. The van der Waals surface area contributed by atoms with Crippen molar-refractivity contribution in [1.82, 2.24) is 15.0 Å². The van der Waals surface area contributed by atoms with E-state index >= 15 is 0 Å². The van der Waals surface area contributed by atoms with Crippen molar-refractivity contribution in [1.29, 1.82) is 0 Å². The largest absolute Gasteiger partial charge is 0.340 e. The second-order valence-corrected chi connectivity index (χ2v) is 5.63. The number of allylic oxidation sites excluding steroid dienone is 4. The van der Waals surface area contributed by atoms with Gasteiger partial charge in [-0.1, -0.05) is 31.7 Å². The summed E-state index contributed by atoms with van der Waals surface area (Å²) in [7, 11) is 0. The maximum atomic E-state index is 13.7. The van der Waals surface area contributed by atoms with Gasteiger partial charge in [0.2, 0.25) is 0 Å². The third-order valence-electron chi connectivity index (χ3n) is 3.35. The highest BCUT2D eigenvalue weighted by molar-refractivity contribution is 6.31. The summed E-state index contributed by atoms with van der Waals surface area (Å²) in [6, 6.07) is 1.85. The van der Waals surface area contributed by atoms with Gasteiger partial charge in [-0.25, -0.2) is 14.4 Å². The van der Waals surface area contributed by atoms with E-state index in [1.165, 1.54) is 6.08 Å². The second-order valence-electron chi connectivity index (χ2n) is 5.15. The summed E-state index contributed by atoms with van der Waals surface area (Å²) in [5.74, 6) is 0.118. The van der Waals surface area contributed by atoms with Crippen LogP contribution in [-0.2, 0) is 6.42 Å². The number of nitrogens with one attached hydrogen (secondary N) is 1. The van der Waals surface area contributed by atoms with Crippen LogP contribution in [0.15, 0.2) is 54.7 Å². The predicted molar refractivity (Wildman–Crippen MR) is 96.9 cm³/mol. The van der Waals surface area contributed by atoms with Crippen molar-refractivity contribution in [3.8, 4) is 0 Å². The molecule has 24 heavy (non-hydrogen) atoms. The summed E-state index contributed by atoms with van der Waals surface area (Å²) in [6.45, 7) is 10.8. The molecule has 2 rings (SSSR count). The smallest absolute Gasteiger partial charge is 0.164 e. The van der Waals surface area contributed by atoms with Gasteiger partial charge in [0.1, 0.15) is 11.6 Å². The van der Waals surface area contributed by atoms with Gasteiger partial charge in [0, 0.05) is 34.9 Å². The van der Waals surface area contributed by atoms with Crippen LogP contribution in [0.25, 0.3) is 5.57 Å². The fourth-order valence-corrected chi connectivity index (χ4v) is 2.17. The first-order chi connectivity index (χ1) is 11.4. The third kappa shape index (κ3) is 4.26. The van der Waals surface area contributed by atoms with Gasteiger partial charge >= 0.3 is 0 Å². The van der Waals surface area contributed by atoms with E-state index in [1.807, 2.05) is 19.9 Å². The number of aromatic nitrogens is 3. The van der Waals surface area contributed by atoms with Crippen molar-refractivity contribution < 1.29 is 4.39 Å². The predicted octanol–water partition coefficient (Wildman–Crippen LogP) is 5.11. The van der Waals surface area contributed by atoms with Gasteiger partial charge in [-0.05, 0) is 31.1 Å². The van der Waals surface area contributed by atoms with Crippen LogP contribution in [0.5, 0.6) is 0 Å². The molecule has 0 aromatic carbocycles. The van der Waals surface area contributed by atoms with E-state index in [4.69, 9.17) is 11.6 Å². The number of rotatable bonds is 6. The van der Waals surface area contributed by atoms with E-state index in [0.717, 1.165) is 23.2 Å². The maximum Gasteiger partial charge on any atom is 0.164 e. The lowest BCUT2D eigenvalue weighted by atomic mass is 10.1. The molecule has 0 aliphatic carbocycles. The van der Waals surface area contributed by atoms with Gasteiger partial charge < -0.3 is 5.32 Å². The Morgan fingerprint density at radius 2 is 2.12 bits per heavy atom. The first-order valence-electron chi connectivity index (χ1n) is 7.37. The van der Waals surface area contributed by atoms with E-state index in [0.29, 0.717) is 5.82 Å². The molecule has 0 aliphatic rings. The van der Waals surface area contributed by atoms with Gasteiger partial charge in [0.25, 0.3) is 0 Å². The molecule has 6 heteroatoms. The molecule has 124 valence electrons. The SMILES string of the molecule is C=C(Cl)/C=C(\C(=C)F)c1ncc(CC)c(Nc2ccncc2C)n1. The van der Waals surface area contributed by atoms with Crippen LogP contribution in [-0.4, -0.2) is 15.0 Å². The van der Waals surface area contributed by atoms with Crippen LogP contribution >= 0.6 is 11.6 Å². The van der Waals surface area contributed by atoms with E-state index < -0.39 is 5.83 Å². The first kappa shape index (κ1) is 17.8. The molecule has 0 aliphatic heterocycles. The van der Waals surface area contributed by atoms with E-state index in [9.17, 15) is 4.39 Å². The summed E-state index contributed by atoms with van der Waals surface area (Å²) in [5, 5.41) is 3.43. The Kier molecular flexibility index (Phi) is 5.82. The molecule has 2 heterocycles. The van der Waals surface area contributed by atoms with E-state index in [2.05, 4.69) is 33.4 Å². The number of hydrogen-bond donors (Lipinski definition) is 1. The fraction of sp³-hybridized carbons (Fsp3) is 0.167. The lowest BCUT2D eigenvalue weighted by Gasteiger charge is -2.13. The minimum Gasteiger partial charge on any atom is -0.340 e. The van der Waals surface area contributed by atoms with Crippen LogP contribution < -0.4 is 5.32 Å². The van der Waals surface area contributed by atoms with Crippen molar-refractivity contribution in [3.63, 3.8) is 0 Å². The number of halogens is 2.